The molecule has 17 heavy (non-hydrogen) atoms. The van der Waals surface area contributed by atoms with E-state index >= 15 is 0 Å². The molecule has 1 aromatic carbocycles. The predicted molar refractivity (Wildman–Crippen MR) is 65.0 cm³/mol. The molecule has 0 fully saturated rings. The molecule has 0 bridgehead atoms. The topological polar surface area (TPSA) is 20.2 Å². The van der Waals surface area contributed by atoms with Crippen LogP contribution in [0.1, 0.15) is 32.8 Å². The van der Waals surface area contributed by atoms with E-state index in [-0.39, 0.29) is 12.3 Å². The summed E-state index contributed by atoms with van der Waals surface area (Å²) >= 11 is 0. The van der Waals surface area contributed by atoms with Crippen LogP contribution in [0.15, 0.2) is 30.3 Å². The van der Waals surface area contributed by atoms with Crippen LogP contribution in [0, 0.1) is 11.8 Å². The van der Waals surface area contributed by atoms with Gasteiger partial charge in [0.1, 0.15) is 5.60 Å². The third-order valence-electron chi connectivity index (χ3n) is 3.43. The minimum Gasteiger partial charge on any atom is -0.384 e. The van der Waals surface area contributed by atoms with E-state index in [9.17, 15) is 13.9 Å². The lowest BCUT2D eigenvalue weighted by Gasteiger charge is -2.39. The summed E-state index contributed by atoms with van der Waals surface area (Å²) in [5.41, 5.74) is -0.897. The molecular weight excluding hydrogens is 222 g/mol. The van der Waals surface area contributed by atoms with Crippen molar-refractivity contribution in [2.24, 2.45) is 11.8 Å². The fourth-order valence-corrected chi connectivity index (χ4v) is 2.36. The molecule has 0 aliphatic rings. The summed E-state index contributed by atoms with van der Waals surface area (Å²) in [5.74, 6) is -1.30. The second-order valence-corrected chi connectivity index (χ2v) is 4.70. The van der Waals surface area contributed by atoms with Gasteiger partial charge in [-0.25, -0.2) is 8.78 Å². The van der Waals surface area contributed by atoms with Crippen LogP contribution in [0.5, 0.6) is 0 Å². The molecule has 0 radical (unpaired) electrons. The number of halogens is 2. The molecule has 0 aliphatic carbocycles. The number of benzene rings is 1. The van der Waals surface area contributed by atoms with Crippen LogP contribution in [0.2, 0.25) is 0 Å². The van der Waals surface area contributed by atoms with Crippen molar-refractivity contribution in [3.8, 4) is 0 Å². The number of hydrogen-bond acceptors (Lipinski definition) is 1. The molecule has 96 valence electrons. The van der Waals surface area contributed by atoms with Crippen molar-refractivity contribution in [1.29, 1.82) is 0 Å². The Kier molecular flexibility index (Phi) is 4.63. The maximum Gasteiger partial charge on any atom is 0.244 e. The largest absolute Gasteiger partial charge is 0.384 e. The van der Waals surface area contributed by atoms with Gasteiger partial charge >= 0.3 is 0 Å². The lowest BCUT2D eigenvalue weighted by molar-refractivity contribution is -0.121. The Balaban J connectivity index is 3.22. The molecule has 1 nitrogen and oxygen atoms in total. The highest BCUT2D eigenvalue weighted by Crippen LogP contribution is 2.41. The molecule has 1 N–H and O–H groups in total. The quantitative estimate of drug-likeness (QED) is 0.832. The molecular formula is C14H20F2O. The summed E-state index contributed by atoms with van der Waals surface area (Å²) in [5, 5.41) is 10.7. The van der Waals surface area contributed by atoms with E-state index in [1.165, 1.54) is 0 Å². The standard InChI is InChI=1S/C14H20F2O/c1-4-12(13(15)16)14(17,10(2)3)11-8-6-5-7-9-11/h5-10,12-13,17H,4H2,1-3H3. The third-order valence-corrected chi connectivity index (χ3v) is 3.43. The van der Waals surface area contributed by atoms with Crippen molar-refractivity contribution < 1.29 is 13.9 Å². The first-order chi connectivity index (χ1) is 7.94. The molecule has 1 aromatic rings. The van der Waals surface area contributed by atoms with Crippen molar-refractivity contribution in [3.63, 3.8) is 0 Å². The Morgan fingerprint density at radius 1 is 1.18 bits per heavy atom. The van der Waals surface area contributed by atoms with Crippen LogP contribution < -0.4 is 0 Å². The van der Waals surface area contributed by atoms with E-state index in [2.05, 4.69) is 0 Å². The minimum absolute atomic E-state index is 0.251. The van der Waals surface area contributed by atoms with Crippen LogP contribution >= 0.6 is 0 Å². The predicted octanol–water partition coefficient (Wildman–Crippen LogP) is 3.82. The third kappa shape index (κ3) is 2.65. The van der Waals surface area contributed by atoms with Crippen molar-refractivity contribution in [3.05, 3.63) is 35.9 Å². The summed E-state index contributed by atoms with van der Waals surface area (Å²) in [6, 6.07) is 8.77. The molecule has 1 rings (SSSR count). The maximum atomic E-state index is 13.1. The Morgan fingerprint density at radius 2 is 1.71 bits per heavy atom. The highest BCUT2D eigenvalue weighted by atomic mass is 19.3. The first kappa shape index (κ1) is 14.1. The zero-order valence-corrected chi connectivity index (χ0v) is 10.5. The van der Waals surface area contributed by atoms with E-state index < -0.39 is 17.9 Å². The van der Waals surface area contributed by atoms with E-state index in [1.54, 1.807) is 45.0 Å². The summed E-state index contributed by atoms with van der Waals surface area (Å²) < 4.78 is 26.2. The van der Waals surface area contributed by atoms with Gasteiger partial charge in [0, 0.05) is 0 Å². The van der Waals surface area contributed by atoms with Gasteiger partial charge in [0.15, 0.2) is 0 Å². The van der Waals surface area contributed by atoms with Gasteiger partial charge < -0.3 is 5.11 Å². The highest BCUT2D eigenvalue weighted by Gasteiger charge is 2.44. The minimum atomic E-state index is -2.52. The smallest absolute Gasteiger partial charge is 0.244 e. The maximum absolute atomic E-state index is 13.1. The van der Waals surface area contributed by atoms with Gasteiger partial charge in [0.05, 0.1) is 5.92 Å². The first-order valence-electron chi connectivity index (χ1n) is 6.00. The number of alkyl halides is 2. The van der Waals surface area contributed by atoms with Crippen LogP contribution in [0.3, 0.4) is 0 Å². The second-order valence-electron chi connectivity index (χ2n) is 4.70. The van der Waals surface area contributed by atoms with Gasteiger partial charge in [-0.2, -0.15) is 0 Å². The zero-order valence-electron chi connectivity index (χ0n) is 10.5. The number of hydrogen-bond donors (Lipinski definition) is 1. The Morgan fingerprint density at radius 3 is 2.06 bits per heavy atom. The molecule has 0 spiro atoms. The summed E-state index contributed by atoms with van der Waals surface area (Å²) in [4.78, 5) is 0. The van der Waals surface area contributed by atoms with Crippen molar-refractivity contribution in [2.45, 2.75) is 39.2 Å². The summed E-state index contributed by atoms with van der Waals surface area (Å²) in [6.45, 7) is 5.24. The Hall–Kier alpha value is -0.960. The molecule has 3 heteroatoms. The van der Waals surface area contributed by atoms with E-state index in [0.717, 1.165) is 0 Å². The molecule has 0 saturated heterocycles. The van der Waals surface area contributed by atoms with Gasteiger partial charge in [0.2, 0.25) is 6.43 Å². The van der Waals surface area contributed by atoms with Crippen LogP contribution in [-0.2, 0) is 5.60 Å². The van der Waals surface area contributed by atoms with Crippen molar-refractivity contribution in [1.82, 2.24) is 0 Å². The zero-order chi connectivity index (χ0) is 13.1. The van der Waals surface area contributed by atoms with E-state index in [4.69, 9.17) is 0 Å². The highest BCUT2D eigenvalue weighted by molar-refractivity contribution is 5.24. The van der Waals surface area contributed by atoms with Crippen LogP contribution in [0.4, 0.5) is 8.78 Å². The molecule has 2 unspecified atom stereocenters. The van der Waals surface area contributed by atoms with Crippen LogP contribution in [0.25, 0.3) is 0 Å². The summed E-state index contributed by atoms with van der Waals surface area (Å²) in [7, 11) is 0. The molecule has 0 heterocycles. The normalized spacial score (nSPS) is 17.2. The monoisotopic (exact) mass is 242 g/mol. The van der Waals surface area contributed by atoms with Crippen molar-refractivity contribution in [2.75, 3.05) is 0 Å². The average molecular weight is 242 g/mol. The molecule has 0 saturated carbocycles. The molecule has 0 aliphatic heterocycles. The van der Waals surface area contributed by atoms with Gasteiger partial charge in [-0.15, -0.1) is 0 Å². The van der Waals surface area contributed by atoms with Gasteiger partial charge in [-0.3, -0.25) is 0 Å². The summed E-state index contributed by atoms with van der Waals surface area (Å²) in [6.07, 6.45) is -2.27. The van der Waals surface area contributed by atoms with Gasteiger partial charge in [0.25, 0.3) is 0 Å². The lowest BCUT2D eigenvalue weighted by Crippen LogP contribution is -2.43. The Labute approximate surface area is 101 Å². The average Bonchev–Trinajstić information content (AvgIpc) is 2.30. The fraction of sp³-hybridized carbons (Fsp3) is 0.571. The molecule has 0 aromatic heterocycles. The van der Waals surface area contributed by atoms with E-state index in [1.807, 2.05) is 6.07 Å². The lowest BCUT2D eigenvalue weighted by atomic mass is 9.72. The number of aliphatic hydroxyl groups is 1. The first-order valence-corrected chi connectivity index (χ1v) is 6.00. The molecule has 0 amide bonds. The van der Waals surface area contributed by atoms with Crippen molar-refractivity contribution >= 4 is 0 Å². The van der Waals surface area contributed by atoms with E-state index in [0.29, 0.717) is 5.56 Å². The fourth-order valence-electron chi connectivity index (χ4n) is 2.36. The second kappa shape index (κ2) is 5.58. The number of rotatable bonds is 5. The molecule has 2 atom stereocenters. The van der Waals surface area contributed by atoms with Crippen LogP contribution in [-0.4, -0.2) is 11.5 Å². The van der Waals surface area contributed by atoms with Gasteiger partial charge in [-0.05, 0) is 17.9 Å². The van der Waals surface area contributed by atoms with Gasteiger partial charge in [-0.1, -0.05) is 51.1 Å². The SMILES string of the molecule is CCC(C(F)F)C(O)(c1ccccc1)C(C)C. The Bertz CT molecular complexity index is 337.